The second kappa shape index (κ2) is 9.64. The molecule has 0 fully saturated rings. The molecule has 0 bridgehead atoms. The molecule has 1 aromatic heterocycles. The minimum atomic E-state index is -3.47. The van der Waals surface area contributed by atoms with Gasteiger partial charge in [0.2, 0.25) is 5.95 Å². The van der Waals surface area contributed by atoms with E-state index < -0.39 is 9.84 Å². The third-order valence-corrected chi connectivity index (χ3v) is 6.11. The van der Waals surface area contributed by atoms with Crippen molar-refractivity contribution in [3.8, 4) is 16.9 Å². The van der Waals surface area contributed by atoms with E-state index in [1.54, 1.807) is 24.3 Å². The van der Waals surface area contributed by atoms with Gasteiger partial charge in [0.25, 0.3) is 0 Å². The van der Waals surface area contributed by atoms with Crippen molar-refractivity contribution in [1.82, 2.24) is 9.97 Å². The molecule has 0 unspecified atom stereocenters. The van der Waals surface area contributed by atoms with E-state index in [2.05, 4.69) is 15.3 Å². The molecule has 0 aliphatic rings. The van der Waals surface area contributed by atoms with Crippen LogP contribution in [0.2, 0.25) is 0 Å². The van der Waals surface area contributed by atoms with Gasteiger partial charge in [-0.25, -0.2) is 22.8 Å². The molecular formula is C21H23FN4O3S. The Morgan fingerprint density at radius 3 is 2.53 bits per heavy atom. The van der Waals surface area contributed by atoms with Gasteiger partial charge in [0.15, 0.2) is 9.84 Å². The van der Waals surface area contributed by atoms with Gasteiger partial charge in [-0.05, 0) is 44.2 Å². The lowest BCUT2D eigenvalue weighted by Gasteiger charge is -2.14. The van der Waals surface area contributed by atoms with Crippen molar-refractivity contribution >= 4 is 21.5 Å². The van der Waals surface area contributed by atoms with Crippen molar-refractivity contribution < 1.29 is 17.5 Å². The quantitative estimate of drug-likeness (QED) is 0.534. The second-order valence-corrected chi connectivity index (χ2v) is 8.56. The van der Waals surface area contributed by atoms with Gasteiger partial charge in [0.1, 0.15) is 11.6 Å². The average molecular weight is 431 g/mol. The smallest absolute Gasteiger partial charge is 0.227 e. The van der Waals surface area contributed by atoms with Crippen molar-refractivity contribution in [2.24, 2.45) is 5.73 Å². The predicted octanol–water partition coefficient (Wildman–Crippen LogP) is 3.55. The Kier molecular flexibility index (Phi) is 6.96. The van der Waals surface area contributed by atoms with Crippen molar-refractivity contribution in [3.05, 3.63) is 60.7 Å². The van der Waals surface area contributed by atoms with Crippen LogP contribution in [0.4, 0.5) is 16.0 Å². The van der Waals surface area contributed by atoms with E-state index in [4.69, 9.17) is 10.5 Å². The first-order valence-corrected chi connectivity index (χ1v) is 11.1. The van der Waals surface area contributed by atoms with Crippen LogP contribution in [0.25, 0.3) is 11.1 Å². The zero-order valence-electron chi connectivity index (χ0n) is 16.5. The van der Waals surface area contributed by atoms with Crippen molar-refractivity contribution in [1.29, 1.82) is 0 Å². The van der Waals surface area contributed by atoms with Crippen LogP contribution in [0.15, 0.2) is 59.8 Å². The highest BCUT2D eigenvalue weighted by molar-refractivity contribution is 7.91. The summed E-state index contributed by atoms with van der Waals surface area (Å²) < 4.78 is 44.6. The fraction of sp³-hybridized carbons (Fsp3) is 0.238. The maximum absolute atomic E-state index is 14.0. The number of nitrogens with zero attached hydrogens (tertiary/aromatic N) is 2. The Morgan fingerprint density at radius 1 is 1.13 bits per heavy atom. The lowest BCUT2D eigenvalue weighted by Crippen LogP contribution is -2.12. The molecule has 1 heterocycles. The van der Waals surface area contributed by atoms with Crippen molar-refractivity contribution in [2.75, 3.05) is 24.2 Å². The van der Waals surface area contributed by atoms with Crippen LogP contribution in [0.1, 0.15) is 13.3 Å². The SMILES string of the molecule is CCOc1ccc(S(=O)(=O)CCCN)cc1Nc1ncc(-c2ccccc2F)cn1. The van der Waals surface area contributed by atoms with E-state index in [-0.39, 0.29) is 22.4 Å². The molecular weight excluding hydrogens is 407 g/mol. The summed E-state index contributed by atoms with van der Waals surface area (Å²) in [5, 5.41) is 2.99. The van der Waals surface area contributed by atoms with E-state index in [0.29, 0.717) is 42.1 Å². The highest BCUT2D eigenvalue weighted by Gasteiger charge is 2.17. The van der Waals surface area contributed by atoms with Gasteiger partial charge >= 0.3 is 0 Å². The molecule has 158 valence electrons. The number of hydrogen-bond acceptors (Lipinski definition) is 7. The van der Waals surface area contributed by atoms with Gasteiger partial charge in [0, 0.05) is 23.5 Å². The molecule has 2 aromatic carbocycles. The normalized spacial score (nSPS) is 11.3. The van der Waals surface area contributed by atoms with E-state index in [9.17, 15) is 12.8 Å². The van der Waals surface area contributed by atoms with E-state index in [1.165, 1.54) is 30.6 Å². The van der Waals surface area contributed by atoms with Gasteiger partial charge in [-0.1, -0.05) is 18.2 Å². The maximum Gasteiger partial charge on any atom is 0.227 e. The first kappa shape index (κ1) is 21.7. The first-order valence-electron chi connectivity index (χ1n) is 9.48. The van der Waals surface area contributed by atoms with Crippen LogP contribution < -0.4 is 15.8 Å². The summed E-state index contributed by atoms with van der Waals surface area (Å²) in [5.41, 5.74) is 6.78. The summed E-state index contributed by atoms with van der Waals surface area (Å²) in [5.74, 6) is 0.297. The number of benzene rings is 2. The van der Waals surface area contributed by atoms with Crippen LogP contribution in [-0.4, -0.2) is 37.3 Å². The Hall–Kier alpha value is -3.04. The molecule has 0 saturated carbocycles. The predicted molar refractivity (Wildman–Crippen MR) is 114 cm³/mol. The Morgan fingerprint density at radius 2 is 1.87 bits per heavy atom. The molecule has 0 aliphatic carbocycles. The van der Waals surface area contributed by atoms with E-state index >= 15 is 0 Å². The second-order valence-electron chi connectivity index (χ2n) is 6.45. The Balaban J connectivity index is 1.89. The van der Waals surface area contributed by atoms with Gasteiger partial charge < -0.3 is 15.8 Å². The number of aromatic nitrogens is 2. The van der Waals surface area contributed by atoms with Crippen LogP contribution >= 0.6 is 0 Å². The molecule has 7 nitrogen and oxygen atoms in total. The third-order valence-electron chi connectivity index (χ3n) is 4.31. The third kappa shape index (κ3) is 5.11. The highest BCUT2D eigenvalue weighted by atomic mass is 32.2. The molecule has 9 heteroatoms. The zero-order chi connectivity index (χ0) is 21.6. The molecule has 0 saturated heterocycles. The molecule has 0 radical (unpaired) electrons. The zero-order valence-corrected chi connectivity index (χ0v) is 17.3. The summed E-state index contributed by atoms with van der Waals surface area (Å²) in [4.78, 5) is 8.60. The lowest BCUT2D eigenvalue weighted by atomic mass is 10.1. The number of nitrogens with two attached hydrogens (primary N) is 1. The Labute approximate surface area is 175 Å². The standard InChI is InChI=1S/C21H23FN4O3S/c1-2-29-20-9-8-16(30(27,28)11-5-10-23)12-19(20)26-21-24-13-15(14-25-21)17-6-3-4-7-18(17)22/h3-4,6-9,12-14H,2,5,10-11,23H2,1H3,(H,24,25,26). The van der Waals surface area contributed by atoms with E-state index in [0.717, 1.165) is 0 Å². The summed E-state index contributed by atoms with van der Waals surface area (Å²) in [7, 11) is -3.47. The van der Waals surface area contributed by atoms with Gasteiger partial charge in [-0.2, -0.15) is 0 Å². The maximum atomic E-state index is 14.0. The Bertz CT molecular complexity index is 1110. The largest absolute Gasteiger partial charge is 0.492 e. The fourth-order valence-corrected chi connectivity index (χ4v) is 4.18. The molecule has 0 aliphatic heterocycles. The highest BCUT2D eigenvalue weighted by Crippen LogP contribution is 2.31. The molecule has 3 rings (SSSR count). The molecule has 0 amide bonds. The van der Waals surface area contributed by atoms with Crippen molar-refractivity contribution in [2.45, 2.75) is 18.2 Å². The average Bonchev–Trinajstić information content (AvgIpc) is 2.74. The molecule has 3 aromatic rings. The topological polar surface area (TPSA) is 107 Å². The minimum absolute atomic E-state index is 0.0369. The number of rotatable bonds is 9. The van der Waals surface area contributed by atoms with Crippen LogP contribution in [0.5, 0.6) is 5.75 Å². The summed E-state index contributed by atoms with van der Waals surface area (Å²) in [6, 6.07) is 10.9. The number of anilines is 2. The van der Waals surface area contributed by atoms with Crippen LogP contribution in [0, 0.1) is 5.82 Å². The molecule has 0 spiro atoms. The number of nitrogens with one attached hydrogen (secondary N) is 1. The molecule has 30 heavy (non-hydrogen) atoms. The summed E-state index contributed by atoms with van der Waals surface area (Å²) in [6.45, 7) is 2.53. The van der Waals surface area contributed by atoms with Gasteiger partial charge in [-0.3, -0.25) is 0 Å². The fourth-order valence-electron chi connectivity index (χ4n) is 2.82. The van der Waals surface area contributed by atoms with Gasteiger partial charge in [-0.15, -0.1) is 0 Å². The summed E-state index contributed by atoms with van der Waals surface area (Å²) in [6.07, 6.45) is 3.37. The number of hydrogen-bond donors (Lipinski definition) is 2. The molecule has 0 atom stereocenters. The van der Waals surface area contributed by atoms with Crippen molar-refractivity contribution in [3.63, 3.8) is 0 Å². The minimum Gasteiger partial charge on any atom is -0.492 e. The van der Waals surface area contributed by atoms with Crippen LogP contribution in [0.3, 0.4) is 0 Å². The number of halogens is 1. The number of ether oxygens (including phenoxy) is 1. The lowest BCUT2D eigenvalue weighted by molar-refractivity contribution is 0.341. The van der Waals surface area contributed by atoms with Gasteiger partial charge in [0.05, 0.1) is 22.9 Å². The number of sulfone groups is 1. The van der Waals surface area contributed by atoms with E-state index in [1.807, 2.05) is 6.92 Å². The monoisotopic (exact) mass is 430 g/mol. The van der Waals surface area contributed by atoms with Crippen LogP contribution in [-0.2, 0) is 9.84 Å². The summed E-state index contributed by atoms with van der Waals surface area (Å²) >= 11 is 0. The molecule has 3 N–H and O–H groups in total. The first-order chi connectivity index (χ1) is 14.4.